The van der Waals surface area contributed by atoms with Gasteiger partial charge >= 0.3 is 5.97 Å². The van der Waals surface area contributed by atoms with Crippen molar-refractivity contribution in [2.45, 2.75) is 62.2 Å². The molecular formula is C31H33Cl2NO5S. The Morgan fingerprint density at radius 2 is 1.70 bits per heavy atom. The van der Waals surface area contributed by atoms with Gasteiger partial charge in [-0.25, -0.2) is 13.1 Å². The zero-order valence-corrected chi connectivity index (χ0v) is 24.3. The molecule has 6 nitrogen and oxygen atoms in total. The highest BCUT2D eigenvalue weighted by molar-refractivity contribution is 7.89. The molecule has 212 valence electrons. The number of carbonyl (C=O) groups is 1. The molecule has 1 fully saturated rings. The summed E-state index contributed by atoms with van der Waals surface area (Å²) in [6.45, 7) is 0.415. The Morgan fingerprint density at radius 1 is 0.975 bits per heavy atom. The van der Waals surface area contributed by atoms with Crippen LogP contribution in [0.15, 0.2) is 89.8 Å². The highest BCUT2D eigenvalue weighted by Gasteiger charge is 2.38. The van der Waals surface area contributed by atoms with E-state index in [2.05, 4.69) is 41.1 Å². The lowest BCUT2D eigenvalue weighted by atomic mass is 9.97. The Hall–Kier alpha value is -2.68. The molecule has 2 N–H and O–H groups in total. The normalized spacial score (nSPS) is 19.3. The highest BCUT2D eigenvalue weighted by Crippen LogP contribution is 2.35. The first kappa shape index (κ1) is 30.3. The molecule has 3 aromatic carbocycles. The Kier molecular flexibility index (Phi) is 10.8. The molecule has 0 aliphatic heterocycles. The van der Waals surface area contributed by atoms with Crippen molar-refractivity contribution in [3.63, 3.8) is 0 Å². The summed E-state index contributed by atoms with van der Waals surface area (Å²) < 4.78 is 35.7. The van der Waals surface area contributed by atoms with Gasteiger partial charge in [0.1, 0.15) is 4.90 Å². The third kappa shape index (κ3) is 8.41. The van der Waals surface area contributed by atoms with Gasteiger partial charge in [-0.2, -0.15) is 0 Å². The van der Waals surface area contributed by atoms with Gasteiger partial charge < -0.3 is 9.84 Å². The van der Waals surface area contributed by atoms with Crippen LogP contribution in [0.4, 0.5) is 0 Å². The van der Waals surface area contributed by atoms with E-state index in [1.807, 2.05) is 30.4 Å². The standard InChI is InChI=1S/C31H33Cl2NO5S/c32-25-16-17-27(33)30(20-25)40(37,38)34-28-18-19-29(26(28)10-6-1-2-7-11-31(35)36)39-21-22-12-14-24(15-13-22)23-8-4-3-5-9-23/h1,3-6,8-9,12-17,20,26,28-29,34H,2,7,10-11,18-19,21H2,(H,35,36)/t26-,28+,29+/m1/s1. The maximum absolute atomic E-state index is 13.3. The molecule has 4 rings (SSSR count). The van der Waals surface area contributed by atoms with Crippen LogP contribution >= 0.6 is 23.2 Å². The molecule has 0 saturated heterocycles. The van der Waals surface area contributed by atoms with Crippen LogP contribution in [0.3, 0.4) is 0 Å². The molecule has 0 radical (unpaired) electrons. The van der Waals surface area contributed by atoms with Crippen molar-refractivity contribution in [3.8, 4) is 11.1 Å². The van der Waals surface area contributed by atoms with Crippen LogP contribution in [0.2, 0.25) is 10.0 Å². The van der Waals surface area contributed by atoms with E-state index in [1.165, 1.54) is 12.1 Å². The van der Waals surface area contributed by atoms with Crippen LogP contribution in [0.5, 0.6) is 0 Å². The fourth-order valence-corrected chi connectivity index (χ4v) is 7.10. The van der Waals surface area contributed by atoms with Gasteiger partial charge in [0.15, 0.2) is 0 Å². The number of unbranched alkanes of at least 4 members (excludes halogenated alkanes) is 1. The Morgan fingerprint density at radius 3 is 2.42 bits per heavy atom. The number of carboxylic acids is 1. The average molecular weight is 603 g/mol. The number of hydrogen-bond donors (Lipinski definition) is 2. The topological polar surface area (TPSA) is 92.7 Å². The summed E-state index contributed by atoms with van der Waals surface area (Å²) in [5.74, 6) is -0.921. The third-order valence-corrected chi connectivity index (χ3v) is 9.31. The van der Waals surface area contributed by atoms with Crippen LogP contribution < -0.4 is 4.72 Å². The molecule has 0 aromatic heterocycles. The smallest absolute Gasteiger partial charge is 0.303 e. The van der Waals surface area contributed by atoms with Crippen LogP contribution in [0, 0.1) is 5.92 Å². The predicted octanol–water partition coefficient (Wildman–Crippen LogP) is 7.50. The van der Waals surface area contributed by atoms with Crippen molar-refractivity contribution in [2.75, 3.05) is 0 Å². The summed E-state index contributed by atoms with van der Waals surface area (Å²) in [7, 11) is -3.91. The van der Waals surface area contributed by atoms with Crippen molar-refractivity contribution in [1.29, 1.82) is 0 Å². The molecule has 40 heavy (non-hydrogen) atoms. The first-order chi connectivity index (χ1) is 19.2. The SMILES string of the molecule is O=C(O)CCCC=CC[C@@H]1[C@@H](NS(=O)(=O)c2cc(Cl)ccc2Cl)CC[C@@H]1OCc1ccc(-c2ccccc2)cc1. The van der Waals surface area contributed by atoms with Crippen molar-refractivity contribution in [1.82, 2.24) is 4.72 Å². The number of hydrogen-bond acceptors (Lipinski definition) is 4. The fourth-order valence-electron chi connectivity index (χ4n) is 5.02. The predicted molar refractivity (Wildman–Crippen MR) is 159 cm³/mol. The second-order valence-electron chi connectivity index (χ2n) is 9.95. The molecule has 9 heteroatoms. The monoisotopic (exact) mass is 601 g/mol. The van der Waals surface area contributed by atoms with Gasteiger partial charge in [-0.1, -0.05) is 90.0 Å². The minimum Gasteiger partial charge on any atom is -0.481 e. The number of carboxylic acid groups (broad SMARTS) is 1. The second kappa shape index (κ2) is 14.3. The molecule has 0 heterocycles. The van der Waals surface area contributed by atoms with Gasteiger partial charge in [0, 0.05) is 23.4 Å². The minimum atomic E-state index is -3.91. The van der Waals surface area contributed by atoms with Gasteiger partial charge in [-0.15, -0.1) is 0 Å². The van der Waals surface area contributed by atoms with Crippen LogP contribution in [0.1, 0.15) is 44.1 Å². The van der Waals surface area contributed by atoms with E-state index in [1.54, 1.807) is 6.07 Å². The molecule has 1 aliphatic carbocycles. The molecule has 1 aliphatic rings. The number of ether oxygens (including phenoxy) is 1. The molecule has 3 atom stereocenters. The summed E-state index contributed by atoms with van der Waals surface area (Å²) >= 11 is 12.2. The Labute approximate surface area is 246 Å². The van der Waals surface area contributed by atoms with E-state index >= 15 is 0 Å². The first-order valence-corrected chi connectivity index (χ1v) is 15.6. The molecule has 0 amide bonds. The molecule has 0 unspecified atom stereocenters. The zero-order chi connectivity index (χ0) is 28.5. The van der Waals surface area contributed by atoms with Crippen LogP contribution in [-0.2, 0) is 26.2 Å². The van der Waals surface area contributed by atoms with Crippen LogP contribution in [0.25, 0.3) is 11.1 Å². The lowest BCUT2D eigenvalue weighted by Crippen LogP contribution is -2.40. The fraction of sp³-hybridized carbons (Fsp3) is 0.323. The first-order valence-electron chi connectivity index (χ1n) is 13.3. The number of rotatable bonds is 13. The zero-order valence-electron chi connectivity index (χ0n) is 22.0. The summed E-state index contributed by atoms with van der Waals surface area (Å²) in [6.07, 6.45) is 7.04. The Balaban J connectivity index is 1.44. The second-order valence-corrected chi connectivity index (χ2v) is 12.5. The summed E-state index contributed by atoms with van der Waals surface area (Å²) in [5.41, 5.74) is 3.32. The van der Waals surface area contributed by atoms with Gasteiger partial charge in [0.25, 0.3) is 0 Å². The minimum absolute atomic E-state index is 0.0486. The van der Waals surface area contributed by atoms with Crippen molar-refractivity contribution < 1.29 is 23.1 Å². The third-order valence-electron chi connectivity index (χ3n) is 7.11. The molecule has 0 bridgehead atoms. The summed E-state index contributed by atoms with van der Waals surface area (Å²) in [5, 5.41) is 9.25. The number of benzene rings is 3. The van der Waals surface area contributed by atoms with E-state index in [0.29, 0.717) is 38.7 Å². The van der Waals surface area contributed by atoms with E-state index in [0.717, 1.165) is 16.7 Å². The van der Waals surface area contributed by atoms with E-state index < -0.39 is 16.0 Å². The number of aliphatic carboxylic acids is 1. The van der Waals surface area contributed by atoms with Gasteiger partial charge in [-0.05, 0) is 67.0 Å². The number of sulfonamides is 1. The molecule has 3 aromatic rings. The van der Waals surface area contributed by atoms with Gasteiger partial charge in [0.2, 0.25) is 10.0 Å². The van der Waals surface area contributed by atoms with E-state index in [4.69, 9.17) is 33.0 Å². The van der Waals surface area contributed by atoms with Crippen molar-refractivity contribution >= 4 is 39.2 Å². The van der Waals surface area contributed by atoms with Crippen molar-refractivity contribution in [2.24, 2.45) is 5.92 Å². The number of allylic oxidation sites excluding steroid dienone is 2. The van der Waals surface area contributed by atoms with Crippen LogP contribution in [-0.4, -0.2) is 31.6 Å². The Bertz CT molecular complexity index is 1410. The average Bonchev–Trinajstić information content (AvgIpc) is 3.31. The lowest BCUT2D eigenvalue weighted by Gasteiger charge is -2.25. The van der Waals surface area contributed by atoms with Gasteiger partial charge in [0.05, 0.1) is 17.7 Å². The van der Waals surface area contributed by atoms with E-state index in [9.17, 15) is 13.2 Å². The molecule has 1 saturated carbocycles. The quantitative estimate of drug-likeness (QED) is 0.156. The maximum atomic E-state index is 13.3. The number of nitrogens with one attached hydrogen (secondary N) is 1. The van der Waals surface area contributed by atoms with Crippen molar-refractivity contribution in [3.05, 3.63) is 101 Å². The van der Waals surface area contributed by atoms with Gasteiger partial charge in [-0.3, -0.25) is 4.79 Å². The largest absolute Gasteiger partial charge is 0.481 e. The highest BCUT2D eigenvalue weighted by atomic mass is 35.5. The van der Waals surface area contributed by atoms with E-state index in [-0.39, 0.29) is 39.4 Å². The maximum Gasteiger partial charge on any atom is 0.303 e. The lowest BCUT2D eigenvalue weighted by molar-refractivity contribution is -0.137. The summed E-state index contributed by atoms with van der Waals surface area (Å²) in [6, 6.07) is 22.4. The molecule has 0 spiro atoms. The molecular weight excluding hydrogens is 569 g/mol. The summed E-state index contributed by atoms with van der Waals surface area (Å²) in [4.78, 5) is 10.7. The number of halogens is 2.